The fourth-order valence-electron chi connectivity index (χ4n) is 2.86. The predicted octanol–water partition coefficient (Wildman–Crippen LogP) is 5.77. The van der Waals surface area contributed by atoms with Crippen LogP contribution in [0.1, 0.15) is 23.3 Å². The van der Waals surface area contributed by atoms with E-state index in [4.69, 9.17) is 0 Å². The van der Waals surface area contributed by atoms with Crippen molar-refractivity contribution in [2.45, 2.75) is 69.5 Å². The summed E-state index contributed by atoms with van der Waals surface area (Å²) in [5.41, 5.74) is 6.94. The zero-order valence-electron chi connectivity index (χ0n) is 19.6. The molecule has 2 rings (SSSR count). The molecular weight excluding hydrogens is 455 g/mol. The highest BCUT2D eigenvalue weighted by Gasteiger charge is 2.37. The summed E-state index contributed by atoms with van der Waals surface area (Å²) in [5.74, 6) is 6.64. The maximum atomic E-state index is 13.4. The van der Waals surface area contributed by atoms with E-state index in [1.54, 1.807) is 23.5 Å². The van der Waals surface area contributed by atoms with E-state index < -0.39 is 31.7 Å². The molecule has 1 N–H and O–H groups in total. The molecule has 0 fully saturated rings. The van der Waals surface area contributed by atoms with E-state index in [9.17, 15) is 8.42 Å². The van der Waals surface area contributed by atoms with Gasteiger partial charge in [-0.05, 0) is 30.5 Å². The van der Waals surface area contributed by atoms with E-state index in [2.05, 4.69) is 66.9 Å². The van der Waals surface area contributed by atoms with E-state index in [1.165, 1.54) is 0 Å². The molecule has 0 amide bonds. The summed E-state index contributed by atoms with van der Waals surface area (Å²) in [7, 11) is -6.94. The van der Waals surface area contributed by atoms with Crippen molar-refractivity contribution in [3.8, 4) is 22.9 Å². The highest BCUT2D eigenvalue weighted by Crippen LogP contribution is 2.34. The Labute approximate surface area is 194 Å². The maximum absolute atomic E-state index is 13.4. The van der Waals surface area contributed by atoms with Crippen LogP contribution in [0, 0.1) is 29.9 Å². The number of nitrogens with one attached hydrogen (secondary N) is 1. The van der Waals surface area contributed by atoms with Crippen LogP contribution < -0.4 is 4.72 Å². The normalized spacial score (nSPS) is 12.5. The highest BCUT2D eigenvalue weighted by atomic mass is 32.2. The molecule has 0 aliphatic rings. The van der Waals surface area contributed by atoms with Gasteiger partial charge in [-0.15, -0.1) is 34.3 Å². The summed E-state index contributed by atoms with van der Waals surface area (Å²) in [5, 5.41) is 1.97. The van der Waals surface area contributed by atoms with Gasteiger partial charge >= 0.3 is 0 Å². The van der Waals surface area contributed by atoms with Crippen molar-refractivity contribution in [1.82, 2.24) is 4.72 Å². The zero-order valence-corrected chi connectivity index (χ0v) is 23.2. The lowest BCUT2D eigenvalue weighted by atomic mass is 9.91. The van der Waals surface area contributed by atoms with Gasteiger partial charge in [-0.2, -0.15) is 4.72 Å². The summed E-state index contributed by atoms with van der Waals surface area (Å²) in [6.45, 7) is 15.1. The van der Waals surface area contributed by atoms with E-state index in [-0.39, 0.29) is 4.90 Å². The Hall–Kier alpha value is -1.62. The number of hydrogen-bond donors (Lipinski definition) is 1. The molecule has 1 aromatic heterocycles. The van der Waals surface area contributed by atoms with Crippen LogP contribution in [-0.4, -0.2) is 24.6 Å². The third-order valence-corrected chi connectivity index (χ3v) is 8.84. The van der Waals surface area contributed by atoms with Crippen molar-refractivity contribution in [2.75, 3.05) is 0 Å². The van der Waals surface area contributed by atoms with Gasteiger partial charge in [-0.25, -0.2) is 8.42 Å². The minimum atomic E-state index is -3.75. The first kappa shape index (κ1) is 25.6. The van der Waals surface area contributed by atoms with Crippen molar-refractivity contribution < 1.29 is 8.42 Å². The van der Waals surface area contributed by atoms with Crippen LogP contribution in [-0.2, 0) is 15.6 Å². The first-order valence-corrected chi connectivity index (χ1v) is 19.7. The Morgan fingerprint density at radius 1 is 0.903 bits per heavy atom. The van der Waals surface area contributed by atoms with Crippen LogP contribution in [0.25, 0.3) is 0 Å². The highest BCUT2D eigenvalue weighted by molar-refractivity contribution is 7.89. The van der Waals surface area contributed by atoms with Crippen LogP contribution in [0.2, 0.25) is 39.3 Å². The molecule has 31 heavy (non-hydrogen) atoms. The molecule has 0 spiro atoms. The predicted molar refractivity (Wildman–Crippen MR) is 139 cm³/mol. The number of rotatable bonds is 6. The number of thiophene rings is 1. The van der Waals surface area contributed by atoms with Gasteiger partial charge in [0.1, 0.15) is 16.1 Å². The van der Waals surface area contributed by atoms with Gasteiger partial charge in [0, 0.05) is 17.7 Å². The average Bonchev–Trinajstić information content (AvgIpc) is 3.14. The molecule has 2 aromatic rings. The molecule has 0 saturated heterocycles. The van der Waals surface area contributed by atoms with Gasteiger partial charge in [-0.3, -0.25) is 0 Å². The van der Waals surface area contributed by atoms with Gasteiger partial charge in [-0.1, -0.05) is 63.0 Å². The zero-order chi connectivity index (χ0) is 23.3. The Bertz CT molecular complexity index is 1070. The topological polar surface area (TPSA) is 46.2 Å². The number of aryl methyl sites for hydroxylation is 1. The second-order valence-electron chi connectivity index (χ2n) is 9.94. The Morgan fingerprint density at radius 2 is 1.42 bits per heavy atom. The van der Waals surface area contributed by atoms with E-state index in [0.717, 1.165) is 10.4 Å². The number of benzene rings is 1. The molecule has 0 radical (unpaired) electrons. The van der Waals surface area contributed by atoms with Gasteiger partial charge in [0.15, 0.2) is 0 Å². The Morgan fingerprint density at radius 3 is 1.84 bits per heavy atom. The van der Waals surface area contributed by atoms with Crippen LogP contribution in [0.15, 0.2) is 46.7 Å². The first-order chi connectivity index (χ1) is 14.2. The Balaban J connectivity index is 2.57. The van der Waals surface area contributed by atoms with E-state index in [1.807, 2.05) is 36.6 Å². The van der Waals surface area contributed by atoms with Crippen molar-refractivity contribution in [2.24, 2.45) is 0 Å². The van der Waals surface area contributed by atoms with Gasteiger partial charge < -0.3 is 0 Å². The minimum Gasteiger partial charge on any atom is -0.207 e. The second-order valence-corrected chi connectivity index (χ2v) is 22.1. The summed E-state index contributed by atoms with van der Waals surface area (Å²) in [4.78, 5) is 1.20. The van der Waals surface area contributed by atoms with Crippen molar-refractivity contribution in [1.29, 1.82) is 0 Å². The Kier molecular flexibility index (Phi) is 8.18. The summed E-state index contributed by atoms with van der Waals surface area (Å²) >= 11 is 1.54. The fraction of sp³-hybridized carbons (Fsp3) is 0.417. The smallest absolute Gasteiger partial charge is 0.207 e. The number of hydrogen-bond acceptors (Lipinski definition) is 3. The minimum absolute atomic E-state index is 0.260. The fourth-order valence-corrected chi connectivity index (χ4v) is 6.43. The lowest BCUT2D eigenvalue weighted by Gasteiger charge is -2.31. The average molecular weight is 488 g/mol. The summed E-state index contributed by atoms with van der Waals surface area (Å²) in [6.07, 6.45) is 0.784. The summed E-state index contributed by atoms with van der Waals surface area (Å²) < 4.78 is 29.8. The molecule has 0 unspecified atom stereocenters. The molecule has 0 saturated carbocycles. The molecule has 1 heterocycles. The summed E-state index contributed by atoms with van der Waals surface area (Å²) in [6, 6.07) is 10.9. The molecule has 0 bridgehead atoms. The van der Waals surface area contributed by atoms with Crippen molar-refractivity contribution in [3.05, 3.63) is 52.2 Å². The monoisotopic (exact) mass is 487 g/mol. The lowest BCUT2D eigenvalue weighted by Crippen LogP contribution is -2.45. The molecule has 0 atom stereocenters. The van der Waals surface area contributed by atoms with Gasteiger partial charge in [0.25, 0.3) is 0 Å². The molecule has 166 valence electrons. The molecular formula is C24H33NO2S2Si2. The van der Waals surface area contributed by atoms with Crippen LogP contribution in [0.5, 0.6) is 0 Å². The third kappa shape index (κ3) is 8.10. The van der Waals surface area contributed by atoms with Crippen molar-refractivity contribution in [3.63, 3.8) is 0 Å². The largest absolute Gasteiger partial charge is 0.241 e. The standard InChI is InChI=1S/C24H33NO2S2Si2/c1-21-12-14-22(15-13-21)29(26,27)25-24(23-11-8-18-28-23,16-9-19-30(2,3)4)17-10-20-31(5,6)7/h8,11-15,18,25H,16-17H2,1-7H3. The van der Waals surface area contributed by atoms with Crippen LogP contribution >= 0.6 is 11.3 Å². The molecule has 3 nitrogen and oxygen atoms in total. The quantitative estimate of drug-likeness (QED) is 0.415. The van der Waals surface area contributed by atoms with E-state index in [0.29, 0.717) is 12.8 Å². The van der Waals surface area contributed by atoms with Gasteiger partial charge in [0.2, 0.25) is 10.0 Å². The van der Waals surface area contributed by atoms with Crippen LogP contribution in [0.3, 0.4) is 0 Å². The molecule has 7 heteroatoms. The number of sulfonamides is 1. The van der Waals surface area contributed by atoms with Crippen molar-refractivity contribution >= 4 is 37.5 Å². The molecule has 1 aromatic carbocycles. The molecule has 0 aliphatic carbocycles. The SMILES string of the molecule is Cc1ccc(S(=O)(=O)NC(CC#C[Si](C)(C)C)(CC#C[Si](C)(C)C)c2cccs2)cc1. The first-order valence-electron chi connectivity index (χ1n) is 10.4. The molecule has 0 aliphatic heterocycles. The lowest BCUT2D eigenvalue weighted by molar-refractivity contribution is 0.419. The second kappa shape index (κ2) is 9.89. The van der Waals surface area contributed by atoms with Gasteiger partial charge in [0.05, 0.1) is 10.4 Å². The van der Waals surface area contributed by atoms with Crippen LogP contribution in [0.4, 0.5) is 0 Å². The maximum Gasteiger partial charge on any atom is 0.241 e. The van der Waals surface area contributed by atoms with E-state index >= 15 is 0 Å². The third-order valence-electron chi connectivity index (χ3n) is 4.36.